The molecule has 2 aromatic heterocycles. The summed E-state index contributed by atoms with van der Waals surface area (Å²) in [6, 6.07) is 24.9. The summed E-state index contributed by atoms with van der Waals surface area (Å²) in [5.41, 5.74) is 4.12. The van der Waals surface area contributed by atoms with Gasteiger partial charge in [-0.05, 0) is 66.4 Å². The van der Waals surface area contributed by atoms with Gasteiger partial charge >= 0.3 is 6.03 Å². The van der Waals surface area contributed by atoms with Gasteiger partial charge in [0.2, 0.25) is 5.88 Å². The Morgan fingerprint density at radius 3 is 2.53 bits per heavy atom. The Balaban J connectivity index is 1.16. The average Bonchev–Trinajstić information content (AvgIpc) is 3.63. The van der Waals surface area contributed by atoms with Gasteiger partial charge in [-0.15, -0.1) is 0 Å². The maximum atomic E-state index is 12.0. The van der Waals surface area contributed by atoms with Gasteiger partial charge in [-0.1, -0.05) is 41.9 Å². The molecular formula is C29H24ClN5O3. The molecule has 5 aromatic rings. The minimum Gasteiger partial charge on any atom is -0.489 e. The van der Waals surface area contributed by atoms with Gasteiger partial charge in [-0.2, -0.15) is 0 Å². The molecule has 0 aliphatic heterocycles. The van der Waals surface area contributed by atoms with Crippen LogP contribution in [0.3, 0.4) is 0 Å². The molecule has 0 bridgehead atoms. The molecular weight excluding hydrogens is 502 g/mol. The molecule has 2 amide bonds. The fourth-order valence-corrected chi connectivity index (χ4v) is 4.19. The Morgan fingerprint density at radius 2 is 1.76 bits per heavy atom. The van der Waals surface area contributed by atoms with Gasteiger partial charge in [-0.25, -0.2) is 14.8 Å². The van der Waals surface area contributed by atoms with E-state index in [1.165, 1.54) is 6.33 Å². The predicted octanol–water partition coefficient (Wildman–Crippen LogP) is 6.93. The van der Waals surface area contributed by atoms with Crippen molar-refractivity contribution in [2.75, 3.05) is 5.32 Å². The third kappa shape index (κ3) is 5.55. The maximum absolute atomic E-state index is 12.0. The minimum absolute atomic E-state index is 0.258. The normalized spacial score (nSPS) is 12.8. The van der Waals surface area contributed by atoms with Crippen LogP contribution in [0, 0.1) is 0 Å². The van der Waals surface area contributed by atoms with Crippen molar-refractivity contribution in [2.45, 2.75) is 25.5 Å². The van der Waals surface area contributed by atoms with Crippen molar-refractivity contribution < 1.29 is 14.3 Å². The number of hydrogen-bond donors (Lipinski definition) is 3. The number of H-pyrrole nitrogens is 1. The van der Waals surface area contributed by atoms with Gasteiger partial charge in [0.1, 0.15) is 30.1 Å². The Morgan fingerprint density at radius 1 is 0.974 bits per heavy atom. The Kier molecular flexibility index (Phi) is 6.54. The van der Waals surface area contributed by atoms with Gasteiger partial charge < -0.3 is 25.1 Å². The number of aromatic amines is 1. The standard InChI is InChI=1S/C29H24ClN5O3/c30-24-14-22(12-13-25(24)35-29(36)33-20-8-9-20)38-28-23-15-26(34-27(23)31-17-32-28)19-6-10-21(11-7-19)37-16-18-4-2-1-3-5-18/h1-7,10-15,17,20H,8-9,16H2,(H,31,32,34)(H2,33,35,36). The summed E-state index contributed by atoms with van der Waals surface area (Å²) in [7, 11) is 0. The Hall–Kier alpha value is -4.56. The molecule has 0 spiro atoms. The van der Waals surface area contributed by atoms with E-state index in [4.69, 9.17) is 21.1 Å². The first-order chi connectivity index (χ1) is 18.6. The number of carbonyl (C=O) groups is 1. The molecule has 1 saturated carbocycles. The third-order valence-electron chi connectivity index (χ3n) is 6.12. The first-order valence-electron chi connectivity index (χ1n) is 12.3. The summed E-state index contributed by atoms with van der Waals surface area (Å²) in [4.78, 5) is 24.0. The van der Waals surface area contributed by atoms with E-state index < -0.39 is 0 Å². The van der Waals surface area contributed by atoms with Crippen LogP contribution in [0.2, 0.25) is 5.02 Å². The molecule has 9 heteroatoms. The first kappa shape index (κ1) is 23.8. The number of hydrogen-bond acceptors (Lipinski definition) is 5. The summed E-state index contributed by atoms with van der Waals surface area (Å²) in [5, 5.41) is 6.73. The van der Waals surface area contributed by atoms with Crippen LogP contribution in [0.5, 0.6) is 17.4 Å². The number of urea groups is 1. The van der Waals surface area contributed by atoms with E-state index >= 15 is 0 Å². The third-order valence-corrected chi connectivity index (χ3v) is 6.43. The molecule has 0 atom stereocenters. The Bertz CT molecular complexity index is 1580. The van der Waals surface area contributed by atoms with E-state index in [1.54, 1.807) is 18.2 Å². The van der Waals surface area contributed by atoms with E-state index in [9.17, 15) is 4.79 Å². The molecule has 1 fully saturated rings. The number of nitrogens with zero attached hydrogens (tertiary/aromatic N) is 2. The van der Waals surface area contributed by atoms with Crippen molar-refractivity contribution in [2.24, 2.45) is 0 Å². The molecule has 0 saturated heterocycles. The van der Waals surface area contributed by atoms with Crippen LogP contribution >= 0.6 is 11.6 Å². The topological polar surface area (TPSA) is 101 Å². The van der Waals surface area contributed by atoms with Crippen molar-refractivity contribution >= 4 is 34.4 Å². The minimum atomic E-state index is -0.267. The highest BCUT2D eigenvalue weighted by atomic mass is 35.5. The lowest BCUT2D eigenvalue weighted by atomic mass is 10.1. The summed E-state index contributed by atoms with van der Waals surface area (Å²) in [5.74, 6) is 1.67. The lowest BCUT2D eigenvalue weighted by Crippen LogP contribution is -2.30. The number of benzene rings is 3. The molecule has 190 valence electrons. The Labute approximate surface area is 224 Å². The monoisotopic (exact) mass is 525 g/mol. The van der Waals surface area contributed by atoms with Crippen molar-refractivity contribution in [3.8, 4) is 28.6 Å². The van der Waals surface area contributed by atoms with Crippen LogP contribution in [0.15, 0.2) is 85.2 Å². The summed E-state index contributed by atoms with van der Waals surface area (Å²) >= 11 is 6.39. The second-order valence-electron chi connectivity index (χ2n) is 9.04. The van der Waals surface area contributed by atoms with E-state index in [0.717, 1.165) is 40.8 Å². The van der Waals surface area contributed by atoms with Crippen molar-refractivity contribution in [3.05, 3.63) is 95.8 Å². The number of anilines is 1. The number of rotatable bonds is 8. The molecule has 0 radical (unpaired) electrons. The molecule has 38 heavy (non-hydrogen) atoms. The zero-order valence-corrected chi connectivity index (χ0v) is 21.0. The fraction of sp³-hybridized carbons (Fsp3) is 0.138. The van der Waals surface area contributed by atoms with Gasteiger partial charge in [0.15, 0.2) is 0 Å². The highest BCUT2D eigenvalue weighted by molar-refractivity contribution is 6.33. The summed E-state index contributed by atoms with van der Waals surface area (Å²) in [6.45, 7) is 0.511. The number of amides is 2. The number of aromatic nitrogens is 3. The predicted molar refractivity (Wildman–Crippen MR) is 147 cm³/mol. The number of halogens is 1. The zero-order chi connectivity index (χ0) is 25.9. The van der Waals surface area contributed by atoms with Crippen molar-refractivity contribution in [1.82, 2.24) is 20.3 Å². The first-order valence-corrected chi connectivity index (χ1v) is 12.6. The highest BCUT2D eigenvalue weighted by Crippen LogP contribution is 2.34. The quantitative estimate of drug-likeness (QED) is 0.204. The van der Waals surface area contributed by atoms with Crippen LogP contribution in [-0.2, 0) is 6.61 Å². The molecule has 0 unspecified atom stereocenters. The second kappa shape index (κ2) is 10.4. The van der Waals surface area contributed by atoms with Gasteiger partial charge in [-0.3, -0.25) is 0 Å². The van der Waals surface area contributed by atoms with Crippen LogP contribution in [-0.4, -0.2) is 27.0 Å². The lowest BCUT2D eigenvalue weighted by Gasteiger charge is -2.10. The van der Waals surface area contributed by atoms with E-state index in [1.807, 2.05) is 60.7 Å². The molecule has 1 aliphatic carbocycles. The van der Waals surface area contributed by atoms with Gasteiger partial charge in [0, 0.05) is 17.8 Å². The van der Waals surface area contributed by atoms with E-state index in [-0.39, 0.29) is 12.1 Å². The number of fused-ring (bicyclic) bond motifs is 1. The molecule has 6 rings (SSSR count). The van der Waals surface area contributed by atoms with Crippen molar-refractivity contribution in [3.63, 3.8) is 0 Å². The SMILES string of the molecule is O=C(Nc1ccc(Oc2ncnc3[nH]c(-c4ccc(OCc5ccccc5)cc4)cc23)cc1Cl)NC1CC1. The van der Waals surface area contributed by atoms with E-state index in [2.05, 4.69) is 25.6 Å². The van der Waals surface area contributed by atoms with Crippen LogP contribution < -0.4 is 20.1 Å². The number of carbonyl (C=O) groups excluding carboxylic acids is 1. The van der Waals surface area contributed by atoms with Crippen LogP contribution in [0.4, 0.5) is 10.5 Å². The molecule has 1 aliphatic rings. The zero-order valence-electron chi connectivity index (χ0n) is 20.3. The number of ether oxygens (including phenoxy) is 2. The average molecular weight is 526 g/mol. The molecule has 2 heterocycles. The fourth-order valence-electron chi connectivity index (χ4n) is 3.97. The second-order valence-corrected chi connectivity index (χ2v) is 9.45. The highest BCUT2D eigenvalue weighted by Gasteiger charge is 2.23. The summed E-state index contributed by atoms with van der Waals surface area (Å²) in [6.07, 6.45) is 3.46. The van der Waals surface area contributed by atoms with Crippen LogP contribution in [0.1, 0.15) is 18.4 Å². The summed E-state index contributed by atoms with van der Waals surface area (Å²) < 4.78 is 11.9. The van der Waals surface area contributed by atoms with Crippen molar-refractivity contribution in [1.29, 1.82) is 0 Å². The van der Waals surface area contributed by atoms with Gasteiger partial charge in [0.05, 0.1) is 16.1 Å². The smallest absolute Gasteiger partial charge is 0.319 e. The molecule has 3 N–H and O–H groups in total. The van der Waals surface area contributed by atoms with E-state index in [0.29, 0.717) is 34.6 Å². The molecule has 3 aromatic carbocycles. The molecule has 8 nitrogen and oxygen atoms in total. The lowest BCUT2D eigenvalue weighted by molar-refractivity contribution is 0.251. The maximum Gasteiger partial charge on any atom is 0.319 e. The number of nitrogens with one attached hydrogen (secondary N) is 3. The van der Waals surface area contributed by atoms with Gasteiger partial charge in [0.25, 0.3) is 0 Å². The van der Waals surface area contributed by atoms with Crippen LogP contribution in [0.25, 0.3) is 22.3 Å². The largest absolute Gasteiger partial charge is 0.489 e.